The number of aliphatic hydroxyl groups excluding tert-OH is 1. The average Bonchev–Trinajstić information content (AvgIpc) is 2.23. The smallest absolute Gasteiger partial charge is 0.0611 e. The maximum Gasteiger partial charge on any atom is 0.0611 e. The summed E-state index contributed by atoms with van der Waals surface area (Å²) in [5.41, 5.74) is -0.157. The zero-order chi connectivity index (χ0) is 12.8. The predicted molar refractivity (Wildman–Crippen MR) is 70.8 cm³/mol. The molecule has 0 spiro atoms. The van der Waals surface area contributed by atoms with Crippen molar-refractivity contribution in [1.82, 2.24) is 10.2 Å². The molecule has 3 heteroatoms. The van der Waals surface area contributed by atoms with Crippen LogP contribution in [0.3, 0.4) is 0 Å². The number of nitrogens with zero attached hydrogens (tertiary/aromatic N) is 1. The quantitative estimate of drug-likeness (QED) is 0.668. The van der Waals surface area contributed by atoms with E-state index >= 15 is 0 Å². The van der Waals surface area contributed by atoms with Gasteiger partial charge in [-0.1, -0.05) is 20.8 Å². The topological polar surface area (TPSA) is 35.5 Å². The van der Waals surface area contributed by atoms with Crippen LogP contribution in [0.2, 0.25) is 0 Å². The maximum atomic E-state index is 9.46. The van der Waals surface area contributed by atoms with Gasteiger partial charge in [0.05, 0.1) is 6.61 Å². The van der Waals surface area contributed by atoms with Crippen LogP contribution in [0.4, 0.5) is 0 Å². The molecule has 3 nitrogen and oxygen atoms in total. The Morgan fingerprint density at radius 3 is 2.25 bits per heavy atom. The van der Waals surface area contributed by atoms with E-state index in [4.69, 9.17) is 0 Å². The lowest BCUT2D eigenvalue weighted by Gasteiger charge is -2.34. The molecule has 0 saturated heterocycles. The van der Waals surface area contributed by atoms with Crippen molar-refractivity contribution >= 4 is 0 Å². The van der Waals surface area contributed by atoms with Gasteiger partial charge >= 0.3 is 0 Å². The Labute approximate surface area is 101 Å². The second-order valence-electron chi connectivity index (χ2n) is 5.51. The van der Waals surface area contributed by atoms with Crippen molar-refractivity contribution in [3.8, 4) is 0 Å². The fraction of sp³-hybridized carbons (Fsp3) is 1.00. The number of rotatable bonds is 8. The van der Waals surface area contributed by atoms with E-state index in [1.54, 1.807) is 0 Å². The summed E-state index contributed by atoms with van der Waals surface area (Å²) in [6, 6.07) is 1.02. The van der Waals surface area contributed by atoms with Crippen molar-refractivity contribution in [2.45, 2.75) is 65.1 Å². The first-order chi connectivity index (χ1) is 7.34. The van der Waals surface area contributed by atoms with Crippen molar-refractivity contribution in [2.75, 3.05) is 20.2 Å². The highest BCUT2D eigenvalue weighted by atomic mass is 16.3. The number of hydrogen-bond acceptors (Lipinski definition) is 3. The molecule has 0 aromatic heterocycles. The minimum atomic E-state index is -0.157. The lowest BCUT2D eigenvalue weighted by molar-refractivity contribution is 0.134. The molecule has 0 aliphatic heterocycles. The molecule has 2 N–H and O–H groups in total. The van der Waals surface area contributed by atoms with Gasteiger partial charge in [-0.05, 0) is 40.3 Å². The van der Waals surface area contributed by atoms with Crippen LogP contribution in [0.5, 0.6) is 0 Å². The summed E-state index contributed by atoms with van der Waals surface area (Å²) in [6.45, 7) is 12.0. The fourth-order valence-electron chi connectivity index (χ4n) is 1.85. The molecule has 0 fully saturated rings. The Bertz CT molecular complexity index is 185. The predicted octanol–water partition coefficient (Wildman–Crippen LogP) is 1.86. The Kier molecular flexibility index (Phi) is 7.20. The van der Waals surface area contributed by atoms with Crippen LogP contribution in [0.1, 0.15) is 47.5 Å². The molecule has 2 atom stereocenters. The summed E-state index contributed by atoms with van der Waals surface area (Å²) in [5, 5.41) is 12.9. The van der Waals surface area contributed by atoms with Crippen molar-refractivity contribution in [1.29, 1.82) is 0 Å². The first-order valence-corrected chi connectivity index (χ1v) is 6.43. The minimum Gasteiger partial charge on any atom is -0.394 e. The van der Waals surface area contributed by atoms with Crippen LogP contribution in [0, 0.1) is 0 Å². The fourth-order valence-corrected chi connectivity index (χ4v) is 1.85. The third kappa shape index (κ3) is 5.83. The van der Waals surface area contributed by atoms with E-state index in [1.165, 1.54) is 6.42 Å². The number of hydrogen-bond donors (Lipinski definition) is 2. The van der Waals surface area contributed by atoms with Crippen molar-refractivity contribution in [3.63, 3.8) is 0 Å². The normalized spacial score (nSPS) is 17.8. The molecule has 0 rings (SSSR count). The van der Waals surface area contributed by atoms with Crippen LogP contribution >= 0.6 is 0 Å². The van der Waals surface area contributed by atoms with E-state index < -0.39 is 0 Å². The van der Waals surface area contributed by atoms with Gasteiger partial charge in [-0.3, -0.25) is 0 Å². The zero-order valence-corrected chi connectivity index (χ0v) is 11.9. The first kappa shape index (κ1) is 15.9. The molecule has 16 heavy (non-hydrogen) atoms. The van der Waals surface area contributed by atoms with E-state index in [2.05, 4.69) is 51.9 Å². The summed E-state index contributed by atoms with van der Waals surface area (Å²) in [5.74, 6) is 0. The van der Waals surface area contributed by atoms with Crippen LogP contribution in [0.15, 0.2) is 0 Å². The van der Waals surface area contributed by atoms with Gasteiger partial charge < -0.3 is 15.3 Å². The first-order valence-electron chi connectivity index (χ1n) is 6.43. The van der Waals surface area contributed by atoms with Crippen molar-refractivity contribution in [2.24, 2.45) is 0 Å². The Balaban J connectivity index is 4.12. The molecule has 2 unspecified atom stereocenters. The molecule has 0 aliphatic carbocycles. The van der Waals surface area contributed by atoms with Gasteiger partial charge in [0.15, 0.2) is 0 Å². The van der Waals surface area contributed by atoms with E-state index in [-0.39, 0.29) is 12.1 Å². The van der Waals surface area contributed by atoms with E-state index in [0.29, 0.717) is 12.1 Å². The third-order valence-electron chi connectivity index (χ3n) is 3.35. The van der Waals surface area contributed by atoms with E-state index in [0.717, 1.165) is 13.0 Å². The van der Waals surface area contributed by atoms with Crippen molar-refractivity contribution < 1.29 is 5.11 Å². The molecule has 0 bridgehead atoms. The lowest BCUT2D eigenvalue weighted by atomic mass is 9.97. The van der Waals surface area contributed by atoms with Crippen LogP contribution in [-0.4, -0.2) is 47.8 Å². The SMILES string of the molecule is CCC(C)N(C)CCC(C)(CO)NC(C)C. The largest absolute Gasteiger partial charge is 0.394 e. The van der Waals surface area contributed by atoms with Gasteiger partial charge in [0.2, 0.25) is 0 Å². The molecule has 0 amide bonds. The Morgan fingerprint density at radius 1 is 1.31 bits per heavy atom. The van der Waals surface area contributed by atoms with Gasteiger partial charge in [0.25, 0.3) is 0 Å². The second-order valence-corrected chi connectivity index (χ2v) is 5.51. The summed E-state index contributed by atoms with van der Waals surface area (Å²) >= 11 is 0. The highest BCUT2D eigenvalue weighted by molar-refractivity contribution is 4.85. The highest BCUT2D eigenvalue weighted by Gasteiger charge is 2.24. The molecule has 0 aliphatic rings. The molecule has 0 aromatic rings. The molecule has 0 radical (unpaired) electrons. The van der Waals surface area contributed by atoms with Gasteiger partial charge in [-0.2, -0.15) is 0 Å². The summed E-state index contributed by atoms with van der Waals surface area (Å²) in [6.07, 6.45) is 2.15. The monoisotopic (exact) mass is 230 g/mol. The molecule has 0 aromatic carbocycles. The molecule has 98 valence electrons. The van der Waals surface area contributed by atoms with Crippen LogP contribution < -0.4 is 5.32 Å². The van der Waals surface area contributed by atoms with Crippen LogP contribution in [0.25, 0.3) is 0 Å². The summed E-state index contributed by atoms with van der Waals surface area (Å²) < 4.78 is 0. The highest BCUT2D eigenvalue weighted by Crippen LogP contribution is 2.12. The van der Waals surface area contributed by atoms with Gasteiger partial charge in [0.1, 0.15) is 0 Å². The zero-order valence-electron chi connectivity index (χ0n) is 11.9. The summed E-state index contributed by atoms with van der Waals surface area (Å²) in [4.78, 5) is 2.36. The van der Waals surface area contributed by atoms with Gasteiger partial charge in [0, 0.05) is 17.6 Å². The number of nitrogens with one attached hydrogen (secondary N) is 1. The van der Waals surface area contributed by atoms with E-state index in [1.807, 2.05) is 0 Å². The van der Waals surface area contributed by atoms with Crippen molar-refractivity contribution in [3.05, 3.63) is 0 Å². The van der Waals surface area contributed by atoms with Gasteiger partial charge in [-0.15, -0.1) is 0 Å². The number of aliphatic hydroxyl groups is 1. The second kappa shape index (κ2) is 7.25. The molecule has 0 heterocycles. The molecular formula is C13H30N2O. The average molecular weight is 230 g/mol. The maximum absolute atomic E-state index is 9.46. The third-order valence-corrected chi connectivity index (χ3v) is 3.35. The summed E-state index contributed by atoms with van der Waals surface area (Å²) in [7, 11) is 2.15. The molecular weight excluding hydrogens is 200 g/mol. The van der Waals surface area contributed by atoms with E-state index in [9.17, 15) is 5.11 Å². The Morgan fingerprint density at radius 2 is 1.88 bits per heavy atom. The minimum absolute atomic E-state index is 0.157. The Hall–Kier alpha value is -0.120. The standard InChI is InChI=1S/C13H30N2O/c1-7-12(4)15(6)9-8-13(5,10-16)14-11(2)3/h11-12,14,16H,7-10H2,1-6H3. The van der Waals surface area contributed by atoms with Gasteiger partial charge in [-0.25, -0.2) is 0 Å². The molecule has 0 saturated carbocycles. The lowest BCUT2D eigenvalue weighted by Crippen LogP contribution is -2.51. The van der Waals surface area contributed by atoms with Crippen LogP contribution in [-0.2, 0) is 0 Å².